The van der Waals surface area contributed by atoms with Crippen molar-refractivity contribution in [3.05, 3.63) is 34.9 Å². The SMILES string of the molecule is COCC1(CNS(=O)(=O)Cc2ccccc2Cl)CCNCC1. The summed E-state index contributed by atoms with van der Waals surface area (Å²) in [6.07, 6.45) is 1.80. The summed E-state index contributed by atoms with van der Waals surface area (Å²) < 4.78 is 32.7. The third-order valence-electron chi connectivity index (χ3n) is 4.09. The lowest BCUT2D eigenvalue weighted by Gasteiger charge is -2.37. The summed E-state index contributed by atoms with van der Waals surface area (Å²) in [4.78, 5) is 0. The Kier molecular flexibility index (Phi) is 6.23. The van der Waals surface area contributed by atoms with Gasteiger partial charge in [-0.15, -0.1) is 0 Å². The van der Waals surface area contributed by atoms with Crippen molar-refractivity contribution in [3.63, 3.8) is 0 Å². The summed E-state index contributed by atoms with van der Waals surface area (Å²) in [7, 11) is -1.77. The Balaban J connectivity index is 2.00. The molecule has 0 atom stereocenters. The Hall–Kier alpha value is -0.660. The summed E-state index contributed by atoms with van der Waals surface area (Å²) in [6, 6.07) is 7.01. The first-order chi connectivity index (χ1) is 10.5. The second kappa shape index (κ2) is 7.75. The summed E-state index contributed by atoms with van der Waals surface area (Å²) in [6.45, 7) is 2.73. The largest absolute Gasteiger partial charge is 0.384 e. The van der Waals surface area contributed by atoms with Crippen LogP contribution < -0.4 is 10.0 Å². The zero-order valence-electron chi connectivity index (χ0n) is 12.8. The predicted molar refractivity (Wildman–Crippen MR) is 88.5 cm³/mol. The summed E-state index contributed by atoms with van der Waals surface area (Å²) in [5.74, 6) is -0.103. The lowest BCUT2D eigenvalue weighted by molar-refractivity contribution is 0.0577. The van der Waals surface area contributed by atoms with Crippen LogP contribution in [0.2, 0.25) is 5.02 Å². The van der Waals surface area contributed by atoms with Crippen LogP contribution in [0.3, 0.4) is 0 Å². The molecule has 0 amide bonds. The highest BCUT2D eigenvalue weighted by Crippen LogP contribution is 2.28. The molecule has 0 spiro atoms. The van der Waals surface area contributed by atoms with Crippen molar-refractivity contribution in [1.29, 1.82) is 0 Å². The standard InChI is InChI=1S/C15H23ClN2O3S/c1-21-12-15(6-8-17-9-7-15)11-18-22(19,20)10-13-4-2-3-5-14(13)16/h2-5,17-18H,6-12H2,1H3. The number of methoxy groups -OCH3 is 1. The van der Waals surface area contributed by atoms with Gasteiger partial charge in [0.1, 0.15) is 0 Å². The van der Waals surface area contributed by atoms with E-state index in [-0.39, 0.29) is 11.2 Å². The fourth-order valence-corrected chi connectivity index (χ4v) is 4.34. The van der Waals surface area contributed by atoms with Crippen molar-refractivity contribution in [2.75, 3.05) is 33.4 Å². The highest BCUT2D eigenvalue weighted by Gasteiger charge is 2.33. The molecule has 0 saturated carbocycles. The molecule has 0 bridgehead atoms. The lowest BCUT2D eigenvalue weighted by atomic mass is 9.80. The number of piperidine rings is 1. The van der Waals surface area contributed by atoms with Crippen molar-refractivity contribution in [2.45, 2.75) is 18.6 Å². The van der Waals surface area contributed by atoms with E-state index in [1.165, 1.54) is 0 Å². The fourth-order valence-electron chi connectivity index (χ4n) is 2.77. The minimum absolute atomic E-state index is 0.103. The fraction of sp³-hybridized carbons (Fsp3) is 0.600. The van der Waals surface area contributed by atoms with E-state index in [0.717, 1.165) is 25.9 Å². The van der Waals surface area contributed by atoms with Crippen LogP contribution in [0.15, 0.2) is 24.3 Å². The Morgan fingerprint density at radius 2 is 2.00 bits per heavy atom. The van der Waals surface area contributed by atoms with E-state index >= 15 is 0 Å². The van der Waals surface area contributed by atoms with Gasteiger partial charge in [0.2, 0.25) is 10.0 Å². The van der Waals surface area contributed by atoms with Crippen LogP contribution >= 0.6 is 11.6 Å². The van der Waals surface area contributed by atoms with Crippen LogP contribution in [-0.4, -0.2) is 41.8 Å². The molecule has 0 aromatic heterocycles. The maximum Gasteiger partial charge on any atom is 0.215 e. The van der Waals surface area contributed by atoms with Crippen molar-refractivity contribution >= 4 is 21.6 Å². The minimum atomic E-state index is -3.42. The van der Waals surface area contributed by atoms with Crippen LogP contribution in [0.25, 0.3) is 0 Å². The maximum absolute atomic E-state index is 12.3. The minimum Gasteiger partial charge on any atom is -0.384 e. The lowest BCUT2D eigenvalue weighted by Crippen LogP contribution is -2.47. The summed E-state index contributed by atoms with van der Waals surface area (Å²) >= 11 is 6.04. The van der Waals surface area contributed by atoms with E-state index in [4.69, 9.17) is 16.3 Å². The Labute approximate surface area is 137 Å². The number of benzene rings is 1. The van der Waals surface area contributed by atoms with Crippen molar-refractivity contribution < 1.29 is 13.2 Å². The van der Waals surface area contributed by atoms with E-state index < -0.39 is 10.0 Å². The van der Waals surface area contributed by atoms with Gasteiger partial charge in [0.25, 0.3) is 0 Å². The van der Waals surface area contributed by atoms with Gasteiger partial charge in [0, 0.05) is 24.1 Å². The number of ether oxygens (including phenoxy) is 1. The van der Waals surface area contributed by atoms with Crippen LogP contribution in [0.5, 0.6) is 0 Å². The molecule has 2 N–H and O–H groups in total. The molecule has 1 saturated heterocycles. The summed E-state index contributed by atoms with van der Waals surface area (Å²) in [5.41, 5.74) is 0.482. The van der Waals surface area contributed by atoms with Crippen LogP contribution in [-0.2, 0) is 20.5 Å². The highest BCUT2D eigenvalue weighted by molar-refractivity contribution is 7.88. The van der Waals surface area contributed by atoms with E-state index in [1.807, 2.05) is 0 Å². The molecule has 1 aromatic rings. The molecule has 0 unspecified atom stereocenters. The van der Waals surface area contributed by atoms with E-state index in [1.54, 1.807) is 31.4 Å². The molecule has 2 rings (SSSR count). The Morgan fingerprint density at radius 1 is 1.32 bits per heavy atom. The van der Waals surface area contributed by atoms with Crippen LogP contribution in [0.1, 0.15) is 18.4 Å². The first-order valence-electron chi connectivity index (χ1n) is 7.37. The quantitative estimate of drug-likeness (QED) is 0.789. The average molecular weight is 347 g/mol. The van der Waals surface area contributed by atoms with Gasteiger partial charge < -0.3 is 10.1 Å². The second-order valence-electron chi connectivity index (χ2n) is 5.85. The average Bonchev–Trinajstić information content (AvgIpc) is 2.49. The third-order valence-corrected chi connectivity index (χ3v) is 5.73. The number of rotatable bonds is 7. The first-order valence-corrected chi connectivity index (χ1v) is 9.40. The molecule has 0 radical (unpaired) electrons. The molecule has 7 heteroatoms. The Bertz CT molecular complexity index is 581. The molecule has 1 aliphatic heterocycles. The number of sulfonamides is 1. The van der Waals surface area contributed by atoms with Gasteiger partial charge in [-0.05, 0) is 37.6 Å². The molecule has 5 nitrogen and oxygen atoms in total. The molecule has 0 aliphatic carbocycles. The molecule has 1 aromatic carbocycles. The van der Waals surface area contributed by atoms with Gasteiger partial charge in [-0.1, -0.05) is 29.8 Å². The predicted octanol–water partition coefficient (Wildman–Crippen LogP) is 1.78. The molecule has 1 aliphatic rings. The van der Waals surface area contributed by atoms with Crippen LogP contribution in [0.4, 0.5) is 0 Å². The van der Waals surface area contributed by atoms with Gasteiger partial charge in [-0.2, -0.15) is 0 Å². The van der Waals surface area contributed by atoms with Gasteiger partial charge in [-0.25, -0.2) is 13.1 Å². The molecule has 22 heavy (non-hydrogen) atoms. The second-order valence-corrected chi connectivity index (χ2v) is 8.07. The highest BCUT2D eigenvalue weighted by atomic mass is 35.5. The number of hydrogen-bond acceptors (Lipinski definition) is 4. The van der Waals surface area contributed by atoms with E-state index in [0.29, 0.717) is 23.7 Å². The summed E-state index contributed by atoms with van der Waals surface area (Å²) in [5, 5.41) is 3.77. The van der Waals surface area contributed by atoms with Crippen molar-refractivity contribution in [2.24, 2.45) is 5.41 Å². The number of halogens is 1. The molecular weight excluding hydrogens is 324 g/mol. The maximum atomic E-state index is 12.3. The van der Waals surface area contributed by atoms with Crippen molar-refractivity contribution in [3.8, 4) is 0 Å². The van der Waals surface area contributed by atoms with Gasteiger partial charge in [-0.3, -0.25) is 0 Å². The molecular formula is C15H23ClN2O3S. The van der Waals surface area contributed by atoms with Crippen LogP contribution in [0, 0.1) is 5.41 Å². The first kappa shape index (κ1) is 17.7. The topological polar surface area (TPSA) is 67.4 Å². The smallest absolute Gasteiger partial charge is 0.215 e. The molecule has 1 heterocycles. The van der Waals surface area contributed by atoms with E-state index in [2.05, 4.69) is 10.0 Å². The zero-order chi connectivity index (χ0) is 16.1. The van der Waals surface area contributed by atoms with Crippen molar-refractivity contribution in [1.82, 2.24) is 10.0 Å². The number of hydrogen-bond donors (Lipinski definition) is 2. The Morgan fingerprint density at radius 3 is 2.64 bits per heavy atom. The monoisotopic (exact) mass is 346 g/mol. The molecule has 124 valence electrons. The van der Waals surface area contributed by atoms with Gasteiger partial charge >= 0.3 is 0 Å². The zero-order valence-corrected chi connectivity index (χ0v) is 14.3. The third kappa shape index (κ3) is 4.93. The van der Waals surface area contributed by atoms with Gasteiger partial charge in [0.15, 0.2) is 0 Å². The van der Waals surface area contributed by atoms with E-state index in [9.17, 15) is 8.42 Å². The van der Waals surface area contributed by atoms with Gasteiger partial charge in [0.05, 0.1) is 12.4 Å². The number of nitrogens with one attached hydrogen (secondary N) is 2. The molecule has 1 fully saturated rings. The normalized spacial score (nSPS) is 18.3.